The molecule has 0 fully saturated rings. The van der Waals surface area contributed by atoms with Crippen LogP contribution in [0.3, 0.4) is 0 Å². The summed E-state index contributed by atoms with van der Waals surface area (Å²) in [6.07, 6.45) is -4.66. The third-order valence-corrected chi connectivity index (χ3v) is 5.03. The number of hydrogen-bond acceptors (Lipinski definition) is 5. The van der Waals surface area contributed by atoms with Crippen molar-refractivity contribution in [3.63, 3.8) is 0 Å². The van der Waals surface area contributed by atoms with Gasteiger partial charge in [0.1, 0.15) is 0 Å². The van der Waals surface area contributed by atoms with Gasteiger partial charge in [-0.15, -0.1) is 0 Å². The summed E-state index contributed by atoms with van der Waals surface area (Å²) in [5.41, 5.74) is -0.652. The zero-order valence-electron chi connectivity index (χ0n) is 17.8. The quantitative estimate of drug-likeness (QED) is 0.610. The number of carbonyl (C=O) groups is 1. The van der Waals surface area contributed by atoms with Gasteiger partial charge in [0.15, 0.2) is 11.5 Å². The molecule has 31 heavy (non-hydrogen) atoms. The molecule has 2 rings (SSSR count). The smallest absolute Gasteiger partial charge is 0.418 e. The molecule has 0 heterocycles. The van der Waals surface area contributed by atoms with Gasteiger partial charge in [-0.2, -0.15) is 13.2 Å². The number of nitrogens with zero attached hydrogens (tertiary/aromatic N) is 1. The van der Waals surface area contributed by atoms with Gasteiger partial charge in [-0.3, -0.25) is 9.69 Å². The maximum Gasteiger partial charge on any atom is 0.418 e. The molecule has 0 radical (unpaired) electrons. The van der Waals surface area contributed by atoms with Crippen LogP contribution < -0.4 is 19.5 Å². The van der Waals surface area contributed by atoms with Gasteiger partial charge in [-0.1, -0.05) is 17.7 Å². The number of amides is 1. The lowest BCUT2D eigenvalue weighted by Gasteiger charge is -2.26. The molecular weight excluding hydrogens is 437 g/mol. The molecular formula is C21H24ClF3N2O4. The van der Waals surface area contributed by atoms with E-state index in [0.717, 1.165) is 12.1 Å². The number of benzene rings is 2. The van der Waals surface area contributed by atoms with Crippen LogP contribution in [0.15, 0.2) is 30.3 Å². The van der Waals surface area contributed by atoms with E-state index in [1.807, 2.05) is 0 Å². The minimum absolute atomic E-state index is 0.0731. The van der Waals surface area contributed by atoms with E-state index in [2.05, 4.69) is 5.32 Å². The predicted octanol–water partition coefficient (Wildman–Crippen LogP) is 4.84. The Hall–Kier alpha value is -2.65. The molecule has 0 aliphatic heterocycles. The number of hydrogen-bond donors (Lipinski definition) is 1. The normalized spacial score (nSPS) is 12.5. The molecule has 170 valence electrons. The monoisotopic (exact) mass is 460 g/mol. The fourth-order valence-electron chi connectivity index (χ4n) is 2.99. The zero-order chi connectivity index (χ0) is 23.3. The second-order valence-electron chi connectivity index (χ2n) is 6.76. The molecule has 10 heteroatoms. The molecule has 0 aliphatic carbocycles. The number of anilines is 1. The van der Waals surface area contributed by atoms with Crippen LogP contribution >= 0.6 is 11.6 Å². The Morgan fingerprint density at radius 3 is 2.29 bits per heavy atom. The Bertz CT molecular complexity index is 938. The highest BCUT2D eigenvalue weighted by atomic mass is 35.5. The number of nitrogens with one attached hydrogen (secondary N) is 1. The first-order valence-electron chi connectivity index (χ1n) is 9.19. The number of rotatable bonds is 8. The molecule has 1 N–H and O–H groups in total. The average molecular weight is 461 g/mol. The Morgan fingerprint density at radius 2 is 1.74 bits per heavy atom. The number of carbonyl (C=O) groups excluding carboxylic acids is 1. The lowest BCUT2D eigenvalue weighted by atomic mass is 10.1. The molecule has 0 saturated carbocycles. The van der Waals surface area contributed by atoms with Crippen LogP contribution in [0.1, 0.15) is 18.1 Å². The lowest BCUT2D eigenvalue weighted by molar-refractivity contribution is -0.137. The molecule has 0 bridgehead atoms. The van der Waals surface area contributed by atoms with Crippen LogP contribution in [0.4, 0.5) is 18.9 Å². The SMILES string of the molecule is COc1ccc(CN(C)[C@@H](C)C(=O)Nc2ccc(Cl)cc2C(F)(F)F)c(OC)c1OC. The first kappa shape index (κ1) is 24.6. The standard InChI is InChI=1S/C21H24ClF3N2O4/c1-12(20(28)26-16-8-7-14(22)10-15(16)21(23,24)25)27(2)11-13-6-9-17(29-3)19(31-5)18(13)30-4/h6-10,12H,11H2,1-5H3,(H,26,28)/t12-/m0/s1. The first-order chi connectivity index (χ1) is 14.5. The van der Waals surface area contributed by atoms with E-state index in [1.165, 1.54) is 27.4 Å². The summed E-state index contributed by atoms with van der Waals surface area (Å²) in [5.74, 6) is 0.732. The van der Waals surface area contributed by atoms with E-state index < -0.39 is 23.7 Å². The van der Waals surface area contributed by atoms with E-state index >= 15 is 0 Å². The molecule has 0 aliphatic rings. The summed E-state index contributed by atoms with van der Waals surface area (Å²) < 4.78 is 55.9. The van der Waals surface area contributed by atoms with Gasteiger partial charge in [0, 0.05) is 17.1 Å². The van der Waals surface area contributed by atoms with Crippen molar-refractivity contribution in [2.45, 2.75) is 25.7 Å². The summed E-state index contributed by atoms with van der Waals surface area (Å²) in [7, 11) is 6.14. The minimum atomic E-state index is -4.66. The maximum atomic E-state index is 13.3. The van der Waals surface area contributed by atoms with Crippen molar-refractivity contribution in [3.05, 3.63) is 46.5 Å². The zero-order valence-corrected chi connectivity index (χ0v) is 18.5. The molecule has 0 unspecified atom stereocenters. The number of likely N-dealkylation sites (N-methyl/N-ethyl adjacent to an activating group) is 1. The fraction of sp³-hybridized carbons (Fsp3) is 0.381. The maximum absolute atomic E-state index is 13.3. The second kappa shape index (κ2) is 10.1. The summed E-state index contributed by atoms with van der Waals surface area (Å²) in [4.78, 5) is 14.3. The topological polar surface area (TPSA) is 60.0 Å². The van der Waals surface area contributed by atoms with Gasteiger partial charge in [0.05, 0.1) is 38.6 Å². The van der Waals surface area contributed by atoms with Crippen molar-refractivity contribution in [1.82, 2.24) is 4.90 Å². The van der Waals surface area contributed by atoms with Crippen molar-refractivity contribution in [3.8, 4) is 17.2 Å². The van der Waals surface area contributed by atoms with Crippen LogP contribution in [0, 0.1) is 0 Å². The number of methoxy groups -OCH3 is 3. The summed E-state index contributed by atoms with van der Waals surface area (Å²) in [6.45, 7) is 1.86. The third kappa shape index (κ3) is 5.74. The molecule has 0 saturated heterocycles. The van der Waals surface area contributed by atoms with E-state index in [4.69, 9.17) is 25.8 Å². The largest absolute Gasteiger partial charge is 0.493 e. The van der Waals surface area contributed by atoms with Crippen molar-refractivity contribution < 1.29 is 32.2 Å². The van der Waals surface area contributed by atoms with Gasteiger partial charge in [0.2, 0.25) is 11.7 Å². The molecule has 0 spiro atoms. The van der Waals surface area contributed by atoms with Gasteiger partial charge in [-0.25, -0.2) is 0 Å². The van der Waals surface area contributed by atoms with E-state index in [-0.39, 0.29) is 17.3 Å². The summed E-state index contributed by atoms with van der Waals surface area (Å²) in [5, 5.41) is 2.27. The van der Waals surface area contributed by atoms with Gasteiger partial charge < -0.3 is 19.5 Å². The Morgan fingerprint density at radius 1 is 1.10 bits per heavy atom. The van der Waals surface area contributed by atoms with E-state index in [1.54, 1.807) is 31.0 Å². The van der Waals surface area contributed by atoms with Gasteiger partial charge in [0.25, 0.3) is 0 Å². The van der Waals surface area contributed by atoms with Gasteiger partial charge >= 0.3 is 6.18 Å². The molecule has 1 atom stereocenters. The lowest BCUT2D eigenvalue weighted by Crippen LogP contribution is -2.39. The third-order valence-electron chi connectivity index (χ3n) is 4.79. The summed E-state index contributed by atoms with van der Waals surface area (Å²) >= 11 is 5.69. The van der Waals surface area contributed by atoms with Crippen LogP contribution in [0.2, 0.25) is 5.02 Å². The highest BCUT2D eigenvalue weighted by Crippen LogP contribution is 2.40. The molecule has 6 nitrogen and oxygen atoms in total. The van der Waals surface area contributed by atoms with E-state index in [0.29, 0.717) is 22.8 Å². The molecule has 0 aromatic heterocycles. The molecule has 2 aromatic carbocycles. The van der Waals surface area contributed by atoms with Crippen LogP contribution in [0.25, 0.3) is 0 Å². The Labute approximate surface area is 183 Å². The molecule has 1 amide bonds. The predicted molar refractivity (Wildman–Crippen MR) is 112 cm³/mol. The van der Waals surface area contributed by atoms with Crippen LogP contribution in [-0.4, -0.2) is 45.2 Å². The Balaban J connectivity index is 2.22. The van der Waals surface area contributed by atoms with Crippen molar-refractivity contribution in [2.24, 2.45) is 0 Å². The van der Waals surface area contributed by atoms with Crippen molar-refractivity contribution in [1.29, 1.82) is 0 Å². The van der Waals surface area contributed by atoms with Crippen LogP contribution in [0.5, 0.6) is 17.2 Å². The average Bonchev–Trinajstić information content (AvgIpc) is 2.72. The summed E-state index contributed by atoms with van der Waals surface area (Å²) in [6, 6.07) is 5.91. The minimum Gasteiger partial charge on any atom is -0.493 e. The van der Waals surface area contributed by atoms with Crippen LogP contribution in [-0.2, 0) is 17.5 Å². The number of halogens is 4. The van der Waals surface area contributed by atoms with Gasteiger partial charge in [-0.05, 0) is 38.2 Å². The Kier molecular flexibility index (Phi) is 8.02. The number of alkyl halides is 3. The van der Waals surface area contributed by atoms with Crippen molar-refractivity contribution in [2.75, 3.05) is 33.7 Å². The number of ether oxygens (including phenoxy) is 3. The highest BCUT2D eigenvalue weighted by Gasteiger charge is 2.34. The van der Waals surface area contributed by atoms with E-state index in [9.17, 15) is 18.0 Å². The molecule has 2 aromatic rings. The first-order valence-corrected chi connectivity index (χ1v) is 9.57. The van der Waals surface area contributed by atoms with Crippen molar-refractivity contribution >= 4 is 23.2 Å². The highest BCUT2D eigenvalue weighted by molar-refractivity contribution is 6.30. The fourth-order valence-corrected chi connectivity index (χ4v) is 3.16. The second-order valence-corrected chi connectivity index (χ2v) is 7.20.